The molecule has 2 heteroatoms. The molecule has 0 saturated heterocycles. The number of nitrogens with two attached hydrogens (primary N) is 1. The van der Waals surface area contributed by atoms with Crippen molar-refractivity contribution in [2.45, 2.75) is 65.0 Å². The van der Waals surface area contributed by atoms with Gasteiger partial charge in [-0.15, -0.1) is 0 Å². The second-order valence-corrected chi connectivity index (χ2v) is 5.85. The van der Waals surface area contributed by atoms with Gasteiger partial charge in [-0.05, 0) is 38.6 Å². The van der Waals surface area contributed by atoms with Gasteiger partial charge in [-0.25, -0.2) is 0 Å². The third kappa shape index (κ3) is 3.46. The lowest BCUT2D eigenvalue weighted by atomic mass is 9.82. The van der Waals surface area contributed by atoms with Crippen LogP contribution < -0.4 is 5.73 Å². The molecule has 0 bridgehead atoms. The van der Waals surface area contributed by atoms with E-state index in [1.807, 2.05) is 0 Å². The molecule has 0 aliphatic heterocycles. The Kier molecular flexibility index (Phi) is 5.77. The molecular formula is C14H30N2. The minimum absolute atomic E-state index is 0.595. The maximum absolute atomic E-state index is 6.00. The summed E-state index contributed by atoms with van der Waals surface area (Å²) in [6.45, 7) is 7.75. The van der Waals surface area contributed by atoms with Gasteiger partial charge in [-0.2, -0.15) is 0 Å². The number of likely N-dealkylation sites (N-methyl/N-ethyl adjacent to an activating group) is 1. The lowest BCUT2D eigenvalue weighted by Gasteiger charge is -2.40. The standard InChI is InChI=1S/C14H30N2/c1-11(2)12(3)16(4)14(10-15)13-8-6-5-7-9-13/h11-14H,5-10,15H2,1-4H3. The summed E-state index contributed by atoms with van der Waals surface area (Å²) >= 11 is 0. The summed E-state index contributed by atoms with van der Waals surface area (Å²) in [5.74, 6) is 1.55. The Morgan fingerprint density at radius 3 is 2.12 bits per heavy atom. The van der Waals surface area contributed by atoms with E-state index in [0.29, 0.717) is 18.0 Å². The molecule has 1 saturated carbocycles. The average molecular weight is 226 g/mol. The minimum Gasteiger partial charge on any atom is -0.329 e. The predicted octanol–water partition coefficient (Wildman–Crippen LogP) is 2.87. The van der Waals surface area contributed by atoms with Gasteiger partial charge in [0.2, 0.25) is 0 Å². The Balaban J connectivity index is 2.57. The van der Waals surface area contributed by atoms with Gasteiger partial charge in [0.25, 0.3) is 0 Å². The van der Waals surface area contributed by atoms with Crippen molar-refractivity contribution in [1.82, 2.24) is 4.90 Å². The van der Waals surface area contributed by atoms with Crippen LogP contribution in [0.1, 0.15) is 52.9 Å². The van der Waals surface area contributed by atoms with Crippen molar-refractivity contribution in [2.75, 3.05) is 13.6 Å². The zero-order valence-corrected chi connectivity index (χ0v) is 11.6. The fourth-order valence-electron chi connectivity index (χ4n) is 2.98. The van der Waals surface area contributed by atoms with E-state index >= 15 is 0 Å². The molecule has 0 amide bonds. The van der Waals surface area contributed by atoms with Crippen molar-refractivity contribution in [2.24, 2.45) is 17.6 Å². The lowest BCUT2D eigenvalue weighted by molar-refractivity contribution is 0.0925. The maximum atomic E-state index is 6.00. The summed E-state index contributed by atoms with van der Waals surface area (Å²) < 4.78 is 0. The molecule has 0 radical (unpaired) electrons. The van der Waals surface area contributed by atoms with Crippen LogP contribution >= 0.6 is 0 Å². The van der Waals surface area contributed by atoms with Crippen LogP contribution in [0.3, 0.4) is 0 Å². The lowest BCUT2D eigenvalue weighted by Crippen LogP contribution is -2.49. The van der Waals surface area contributed by atoms with Gasteiger partial charge < -0.3 is 5.73 Å². The van der Waals surface area contributed by atoms with Crippen molar-refractivity contribution in [1.29, 1.82) is 0 Å². The third-order valence-electron chi connectivity index (χ3n) is 4.57. The highest BCUT2D eigenvalue weighted by molar-refractivity contribution is 4.84. The predicted molar refractivity (Wildman–Crippen MR) is 71.5 cm³/mol. The fraction of sp³-hybridized carbons (Fsp3) is 1.00. The maximum Gasteiger partial charge on any atom is 0.0246 e. The molecule has 16 heavy (non-hydrogen) atoms. The quantitative estimate of drug-likeness (QED) is 0.781. The molecule has 2 atom stereocenters. The van der Waals surface area contributed by atoms with Crippen LogP contribution in [0.15, 0.2) is 0 Å². The average Bonchev–Trinajstić information content (AvgIpc) is 2.30. The fourth-order valence-corrected chi connectivity index (χ4v) is 2.98. The van der Waals surface area contributed by atoms with Crippen LogP contribution in [0.5, 0.6) is 0 Å². The number of rotatable bonds is 5. The molecule has 0 spiro atoms. The summed E-state index contributed by atoms with van der Waals surface area (Å²) in [5, 5.41) is 0. The molecular weight excluding hydrogens is 196 g/mol. The first-order valence-corrected chi connectivity index (χ1v) is 7.00. The van der Waals surface area contributed by atoms with Crippen LogP contribution in [0.25, 0.3) is 0 Å². The van der Waals surface area contributed by atoms with Crippen LogP contribution in [0, 0.1) is 11.8 Å². The number of nitrogens with zero attached hydrogens (tertiary/aromatic N) is 1. The summed E-state index contributed by atoms with van der Waals surface area (Å²) in [4.78, 5) is 2.53. The first-order valence-electron chi connectivity index (χ1n) is 7.00. The van der Waals surface area contributed by atoms with Crippen molar-refractivity contribution in [3.63, 3.8) is 0 Å². The molecule has 1 rings (SSSR count). The highest BCUT2D eigenvalue weighted by atomic mass is 15.2. The number of hydrogen-bond acceptors (Lipinski definition) is 2. The summed E-state index contributed by atoms with van der Waals surface area (Å²) in [5.41, 5.74) is 6.00. The largest absolute Gasteiger partial charge is 0.329 e. The van der Waals surface area contributed by atoms with E-state index in [0.717, 1.165) is 12.5 Å². The van der Waals surface area contributed by atoms with Crippen molar-refractivity contribution in [3.05, 3.63) is 0 Å². The molecule has 1 aliphatic carbocycles. The highest BCUT2D eigenvalue weighted by Gasteiger charge is 2.28. The van der Waals surface area contributed by atoms with Gasteiger partial charge in [0.1, 0.15) is 0 Å². The molecule has 2 unspecified atom stereocenters. The summed E-state index contributed by atoms with van der Waals surface area (Å²) in [6.07, 6.45) is 7.02. The van der Waals surface area contributed by atoms with Gasteiger partial charge in [0.15, 0.2) is 0 Å². The molecule has 2 N–H and O–H groups in total. The normalized spacial score (nSPS) is 22.7. The van der Waals surface area contributed by atoms with Crippen LogP contribution in [-0.2, 0) is 0 Å². The molecule has 0 aromatic rings. The van der Waals surface area contributed by atoms with Gasteiger partial charge in [0, 0.05) is 18.6 Å². The van der Waals surface area contributed by atoms with E-state index < -0.39 is 0 Å². The van der Waals surface area contributed by atoms with Crippen molar-refractivity contribution in [3.8, 4) is 0 Å². The Hall–Kier alpha value is -0.0800. The van der Waals surface area contributed by atoms with Crippen molar-refractivity contribution >= 4 is 0 Å². The van der Waals surface area contributed by atoms with E-state index in [4.69, 9.17) is 5.73 Å². The first kappa shape index (κ1) is 14.0. The van der Waals surface area contributed by atoms with E-state index in [1.54, 1.807) is 0 Å². The zero-order valence-electron chi connectivity index (χ0n) is 11.6. The second kappa shape index (κ2) is 6.61. The highest BCUT2D eigenvalue weighted by Crippen LogP contribution is 2.29. The Bertz CT molecular complexity index is 185. The van der Waals surface area contributed by atoms with Gasteiger partial charge in [0.05, 0.1) is 0 Å². The Labute approximate surface area is 102 Å². The van der Waals surface area contributed by atoms with Crippen molar-refractivity contribution < 1.29 is 0 Å². The van der Waals surface area contributed by atoms with Gasteiger partial charge >= 0.3 is 0 Å². The molecule has 1 fully saturated rings. The molecule has 0 aromatic heterocycles. The molecule has 1 aliphatic rings. The SMILES string of the molecule is CC(C)C(C)N(C)C(CN)C1CCCCC1. The summed E-state index contributed by atoms with van der Waals surface area (Å²) in [7, 11) is 2.26. The molecule has 96 valence electrons. The number of hydrogen-bond donors (Lipinski definition) is 1. The molecule has 2 nitrogen and oxygen atoms in total. The van der Waals surface area contributed by atoms with Gasteiger partial charge in [-0.3, -0.25) is 4.90 Å². The van der Waals surface area contributed by atoms with Crippen LogP contribution in [0.4, 0.5) is 0 Å². The van der Waals surface area contributed by atoms with E-state index in [9.17, 15) is 0 Å². The van der Waals surface area contributed by atoms with Gasteiger partial charge in [-0.1, -0.05) is 33.1 Å². The molecule has 0 heterocycles. The molecule has 0 aromatic carbocycles. The monoisotopic (exact) mass is 226 g/mol. The third-order valence-corrected chi connectivity index (χ3v) is 4.57. The minimum atomic E-state index is 0.595. The van der Waals surface area contributed by atoms with E-state index in [-0.39, 0.29) is 0 Å². The first-order chi connectivity index (χ1) is 7.57. The Morgan fingerprint density at radius 1 is 1.12 bits per heavy atom. The van der Waals surface area contributed by atoms with Crippen LogP contribution in [0.2, 0.25) is 0 Å². The smallest absolute Gasteiger partial charge is 0.0246 e. The topological polar surface area (TPSA) is 29.3 Å². The van der Waals surface area contributed by atoms with E-state index in [2.05, 4.69) is 32.7 Å². The van der Waals surface area contributed by atoms with E-state index in [1.165, 1.54) is 32.1 Å². The zero-order chi connectivity index (χ0) is 12.1. The van der Waals surface area contributed by atoms with Crippen LogP contribution in [-0.4, -0.2) is 30.6 Å². The summed E-state index contributed by atoms with van der Waals surface area (Å²) in [6, 6.07) is 1.23. The Morgan fingerprint density at radius 2 is 1.69 bits per heavy atom. The second-order valence-electron chi connectivity index (χ2n) is 5.85.